The fourth-order valence-electron chi connectivity index (χ4n) is 1.80. The molecule has 4 heteroatoms. The molecule has 2 aromatic carbocycles. The van der Waals surface area contributed by atoms with E-state index in [9.17, 15) is 4.39 Å². The van der Waals surface area contributed by atoms with Crippen LogP contribution in [0.2, 0.25) is 5.02 Å². The lowest BCUT2D eigenvalue weighted by atomic mass is 10.2. The number of hydrogen-bond acceptors (Lipinski definition) is 2. The largest absolute Gasteiger partial charge is 0.489 e. The first-order valence-corrected chi connectivity index (χ1v) is 6.87. The van der Waals surface area contributed by atoms with E-state index >= 15 is 0 Å². The Morgan fingerprint density at radius 3 is 2.60 bits per heavy atom. The van der Waals surface area contributed by atoms with Crippen molar-refractivity contribution in [2.45, 2.75) is 26.5 Å². The van der Waals surface area contributed by atoms with Crippen LogP contribution in [0.1, 0.15) is 19.4 Å². The minimum absolute atomic E-state index is 0.0738. The van der Waals surface area contributed by atoms with Gasteiger partial charge in [0.15, 0.2) is 0 Å². The Morgan fingerprint density at radius 1 is 1.20 bits per heavy atom. The first-order chi connectivity index (χ1) is 9.56. The van der Waals surface area contributed by atoms with E-state index in [-0.39, 0.29) is 11.9 Å². The van der Waals surface area contributed by atoms with Crippen LogP contribution in [0.5, 0.6) is 5.75 Å². The lowest BCUT2D eigenvalue weighted by molar-refractivity contribution is 0.242. The number of benzene rings is 2. The molecule has 0 aliphatic rings. The minimum Gasteiger partial charge on any atom is -0.489 e. The monoisotopic (exact) mass is 293 g/mol. The molecule has 106 valence electrons. The molecular formula is C16H17ClFNO. The Kier molecular flexibility index (Phi) is 4.85. The zero-order chi connectivity index (χ0) is 14.5. The van der Waals surface area contributed by atoms with Crippen molar-refractivity contribution in [3.05, 3.63) is 58.9 Å². The van der Waals surface area contributed by atoms with Gasteiger partial charge in [0.05, 0.1) is 11.1 Å². The van der Waals surface area contributed by atoms with Crippen LogP contribution in [-0.2, 0) is 6.54 Å². The number of nitrogens with one attached hydrogen (secondary N) is 1. The van der Waals surface area contributed by atoms with Crippen molar-refractivity contribution in [2.24, 2.45) is 0 Å². The molecule has 0 saturated heterocycles. The predicted molar refractivity (Wildman–Crippen MR) is 80.9 cm³/mol. The molecule has 0 spiro atoms. The summed E-state index contributed by atoms with van der Waals surface area (Å²) in [5.41, 5.74) is 1.44. The summed E-state index contributed by atoms with van der Waals surface area (Å²) in [5, 5.41) is 3.68. The molecule has 0 unspecified atom stereocenters. The highest BCUT2D eigenvalue weighted by Gasteiger charge is 2.06. The van der Waals surface area contributed by atoms with Crippen LogP contribution in [0.4, 0.5) is 10.1 Å². The molecule has 20 heavy (non-hydrogen) atoms. The molecule has 0 radical (unpaired) electrons. The van der Waals surface area contributed by atoms with E-state index in [1.807, 2.05) is 32.0 Å². The molecule has 0 aliphatic heterocycles. The second-order valence-corrected chi connectivity index (χ2v) is 5.16. The number of halogens is 2. The molecular weight excluding hydrogens is 277 g/mol. The van der Waals surface area contributed by atoms with Crippen molar-refractivity contribution in [3.63, 3.8) is 0 Å². The Hall–Kier alpha value is -1.74. The quantitative estimate of drug-likeness (QED) is 0.848. The van der Waals surface area contributed by atoms with Crippen molar-refractivity contribution in [2.75, 3.05) is 5.32 Å². The number of anilines is 1. The summed E-state index contributed by atoms with van der Waals surface area (Å²) in [4.78, 5) is 0. The fourth-order valence-corrected chi connectivity index (χ4v) is 2.02. The molecule has 0 amide bonds. The fraction of sp³-hybridized carbons (Fsp3) is 0.250. The lowest BCUT2D eigenvalue weighted by Gasteiger charge is -2.13. The normalized spacial score (nSPS) is 10.7. The standard InChI is InChI=1S/C16H17ClFNO/c1-11(2)20-16-8-7-13(9-14(16)17)19-10-12-5-3-4-6-15(12)18/h3-9,11,19H,10H2,1-2H3. The van der Waals surface area contributed by atoms with Crippen LogP contribution < -0.4 is 10.1 Å². The Morgan fingerprint density at radius 2 is 1.95 bits per heavy atom. The molecule has 1 N–H and O–H groups in total. The van der Waals surface area contributed by atoms with Gasteiger partial charge in [-0.2, -0.15) is 0 Å². The van der Waals surface area contributed by atoms with Gasteiger partial charge in [-0.05, 0) is 38.1 Å². The van der Waals surface area contributed by atoms with Gasteiger partial charge in [-0.25, -0.2) is 4.39 Å². The zero-order valence-corrected chi connectivity index (χ0v) is 12.2. The van der Waals surface area contributed by atoms with Gasteiger partial charge >= 0.3 is 0 Å². The third-order valence-corrected chi connectivity index (χ3v) is 3.03. The maximum atomic E-state index is 13.5. The maximum absolute atomic E-state index is 13.5. The van der Waals surface area contributed by atoms with Crippen LogP contribution in [0.3, 0.4) is 0 Å². The highest BCUT2D eigenvalue weighted by molar-refractivity contribution is 6.32. The van der Waals surface area contributed by atoms with Gasteiger partial charge in [-0.3, -0.25) is 0 Å². The predicted octanol–water partition coefficient (Wildman–Crippen LogP) is 4.88. The van der Waals surface area contributed by atoms with Gasteiger partial charge in [0.25, 0.3) is 0 Å². The van der Waals surface area contributed by atoms with E-state index in [1.54, 1.807) is 18.2 Å². The Balaban J connectivity index is 2.04. The van der Waals surface area contributed by atoms with E-state index in [0.717, 1.165) is 5.69 Å². The summed E-state index contributed by atoms with van der Waals surface area (Å²) in [7, 11) is 0. The SMILES string of the molecule is CC(C)Oc1ccc(NCc2ccccc2F)cc1Cl. The molecule has 0 aliphatic carbocycles. The van der Waals surface area contributed by atoms with Gasteiger partial charge < -0.3 is 10.1 Å². The maximum Gasteiger partial charge on any atom is 0.138 e. The van der Waals surface area contributed by atoms with E-state index in [0.29, 0.717) is 22.9 Å². The molecule has 0 heterocycles. The summed E-state index contributed by atoms with van der Waals surface area (Å²) in [5.74, 6) is 0.434. The second-order valence-electron chi connectivity index (χ2n) is 4.76. The van der Waals surface area contributed by atoms with Crippen molar-refractivity contribution in [1.29, 1.82) is 0 Å². The molecule has 0 saturated carbocycles. The summed E-state index contributed by atoms with van der Waals surface area (Å²) in [6, 6.07) is 12.1. The van der Waals surface area contributed by atoms with Crippen LogP contribution in [0.15, 0.2) is 42.5 Å². The van der Waals surface area contributed by atoms with Gasteiger partial charge in [-0.1, -0.05) is 29.8 Å². The second kappa shape index (κ2) is 6.62. The van der Waals surface area contributed by atoms with Crippen molar-refractivity contribution < 1.29 is 9.13 Å². The summed E-state index contributed by atoms with van der Waals surface area (Å²) >= 11 is 6.15. The van der Waals surface area contributed by atoms with Gasteiger partial charge in [-0.15, -0.1) is 0 Å². The third-order valence-electron chi connectivity index (χ3n) is 2.74. The highest BCUT2D eigenvalue weighted by Crippen LogP contribution is 2.28. The molecule has 0 fully saturated rings. The molecule has 0 aromatic heterocycles. The smallest absolute Gasteiger partial charge is 0.138 e. The van der Waals surface area contributed by atoms with Crippen LogP contribution in [0.25, 0.3) is 0 Å². The summed E-state index contributed by atoms with van der Waals surface area (Å²) < 4.78 is 19.1. The highest BCUT2D eigenvalue weighted by atomic mass is 35.5. The first kappa shape index (κ1) is 14.7. The molecule has 0 atom stereocenters. The number of rotatable bonds is 5. The molecule has 2 rings (SSSR count). The summed E-state index contributed by atoms with van der Waals surface area (Å²) in [6.45, 7) is 4.30. The van der Waals surface area contributed by atoms with Crippen molar-refractivity contribution in [1.82, 2.24) is 0 Å². The first-order valence-electron chi connectivity index (χ1n) is 6.49. The van der Waals surface area contributed by atoms with Gasteiger partial charge in [0.1, 0.15) is 11.6 Å². The van der Waals surface area contributed by atoms with E-state index < -0.39 is 0 Å². The third kappa shape index (κ3) is 3.87. The average molecular weight is 294 g/mol. The lowest BCUT2D eigenvalue weighted by Crippen LogP contribution is -2.06. The minimum atomic E-state index is -0.217. The van der Waals surface area contributed by atoms with Gasteiger partial charge in [0.2, 0.25) is 0 Å². The number of ether oxygens (including phenoxy) is 1. The molecule has 0 bridgehead atoms. The zero-order valence-electron chi connectivity index (χ0n) is 11.5. The van der Waals surface area contributed by atoms with E-state index in [2.05, 4.69) is 5.32 Å². The van der Waals surface area contributed by atoms with Crippen LogP contribution in [0, 0.1) is 5.82 Å². The summed E-state index contributed by atoms with van der Waals surface area (Å²) in [6.07, 6.45) is 0.0738. The Bertz CT molecular complexity index is 586. The van der Waals surface area contributed by atoms with E-state index in [4.69, 9.17) is 16.3 Å². The number of hydrogen-bond donors (Lipinski definition) is 1. The molecule has 2 aromatic rings. The Labute approximate surface area is 123 Å². The van der Waals surface area contributed by atoms with Crippen molar-refractivity contribution in [3.8, 4) is 5.75 Å². The van der Waals surface area contributed by atoms with Crippen LogP contribution in [-0.4, -0.2) is 6.10 Å². The topological polar surface area (TPSA) is 21.3 Å². The van der Waals surface area contributed by atoms with E-state index in [1.165, 1.54) is 6.07 Å². The molecule has 2 nitrogen and oxygen atoms in total. The van der Waals surface area contributed by atoms with Crippen molar-refractivity contribution >= 4 is 17.3 Å². The van der Waals surface area contributed by atoms with Crippen LogP contribution >= 0.6 is 11.6 Å². The average Bonchev–Trinajstić information content (AvgIpc) is 2.40. The van der Waals surface area contributed by atoms with Gasteiger partial charge in [0, 0.05) is 17.8 Å².